The van der Waals surface area contributed by atoms with E-state index in [-0.39, 0.29) is 11.7 Å². The third kappa shape index (κ3) is 2.49. The molecule has 1 atom stereocenters. The highest BCUT2D eigenvalue weighted by atomic mass is 16.4. The average Bonchev–Trinajstić information content (AvgIpc) is 2.37. The molecule has 1 aromatic carbocycles. The molecular weight excluding hydrogens is 228 g/mol. The first-order valence-electron chi connectivity index (χ1n) is 5.89. The summed E-state index contributed by atoms with van der Waals surface area (Å²) in [6.45, 7) is 4.16. The summed E-state index contributed by atoms with van der Waals surface area (Å²) in [6, 6.07) is 9.22. The van der Waals surface area contributed by atoms with Gasteiger partial charge in [0.2, 0.25) is 0 Å². The fraction of sp³-hybridized carbons (Fsp3) is 0.286. The van der Waals surface area contributed by atoms with Crippen molar-refractivity contribution in [2.45, 2.75) is 19.9 Å². The van der Waals surface area contributed by atoms with E-state index < -0.39 is 0 Å². The van der Waals surface area contributed by atoms with E-state index in [2.05, 4.69) is 4.99 Å². The maximum absolute atomic E-state index is 11.9. The van der Waals surface area contributed by atoms with Crippen LogP contribution in [0.1, 0.15) is 19.4 Å². The lowest BCUT2D eigenvalue weighted by atomic mass is 10.1. The van der Waals surface area contributed by atoms with Gasteiger partial charge in [-0.3, -0.25) is 4.99 Å². The third-order valence-corrected chi connectivity index (χ3v) is 2.79. The number of fused-ring (bicyclic) bond motifs is 1. The Morgan fingerprint density at radius 2 is 2.17 bits per heavy atom. The van der Waals surface area contributed by atoms with Crippen molar-refractivity contribution in [3.63, 3.8) is 0 Å². The molecule has 0 bridgehead atoms. The third-order valence-electron chi connectivity index (χ3n) is 2.79. The van der Waals surface area contributed by atoms with Crippen LogP contribution in [0.15, 0.2) is 44.5 Å². The summed E-state index contributed by atoms with van der Waals surface area (Å²) >= 11 is 0. The predicted molar refractivity (Wildman–Crippen MR) is 73.2 cm³/mol. The van der Waals surface area contributed by atoms with Crippen molar-refractivity contribution in [2.75, 3.05) is 6.54 Å². The number of benzene rings is 1. The number of aliphatic imine (C=N–C) groups is 1. The normalized spacial score (nSPS) is 13.8. The highest BCUT2D eigenvalue weighted by Crippen LogP contribution is 2.13. The van der Waals surface area contributed by atoms with E-state index in [9.17, 15) is 4.79 Å². The zero-order valence-electron chi connectivity index (χ0n) is 10.5. The molecule has 1 heterocycles. The maximum Gasteiger partial charge on any atom is 0.345 e. The molecule has 0 saturated carbocycles. The van der Waals surface area contributed by atoms with Gasteiger partial charge in [-0.15, -0.1) is 0 Å². The zero-order chi connectivity index (χ0) is 13.1. The van der Waals surface area contributed by atoms with Crippen LogP contribution in [-0.2, 0) is 0 Å². The Morgan fingerprint density at radius 1 is 1.44 bits per heavy atom. The standard InChI is InChI=1S/C14H16N2O2/c1-9(8-15)16-10(2)12-7-11-5-3-4-6-13(11)18-14(12)17/h3-7,9H,8,15H2,1-2H3/t9-/m1/s1. The van der Waals surface area contributed by atoms with Crippen LogP contribution in [0.3, 0.4) is 0 Å². The SMILES string of the molecule is CC(=N[C@H](C)CN)c1cc2ccccc2oc1=O. The van der Waals surface area contributed by atoms with Gasteiger partial charge in [0.15, 0.2) is 0 Å². The van der Waals surface area contributed by atoms with E-state index in [1.54, 1.807) is 13.0 Å². The summed E-state index contributed by atoms with van der Waals surface area (Å²) in [5.74, 6) is 0. The van der Waals surface area contributed by atoms with Crippen molar-refractivity contribution in [3.8, 4) is 0 Å². The summed E-state index contributed by atoms with van der Waals surface area (Å²) in [7, 11) is 0. The van der Waals surface area contributed by atoms with Crippen LogP contribution < -0.4 is 11.4 Å². The second-order valence-corrected chi connectivity index (χ2v) is 4.28. The summed E-state index contributed by atoms with van der Waals surface area (Å²) < 4.78 is 5.26. The summed E-state index contributed by atoms with van der Waals surface area (Å²) in [6.07, 6.45) is 0. The van der Waals surface area contributed by atoms with Gasteiger partial charge in [-0.1, -0.05) is 18.2 Å². The minimum atomic E-state index is -0.362. The number of nitrogens with two attached hydrogens (primary N) is 1. The van der Waals surface area contributed by atoms with Gasteiger partial charge in [-0.2, -0.15) is 0 Å². The first-order chi connectivity index (χ1) is 8.61. The molecule has 0 aliphatic heterocycles. The lowest BCUT2D eigenvalue weighted by Crippen LogP contribution is -2.18. The monoisotopic (exact) mass is 244 g/mol. The van der Waals surface area contributed by atoms with Gasteiger partial charge < -0.3 is 10.2 Å². The van der Waals surface area contributed by atoms with E-state index in [4.69, 9.17) is 10.2 Å². The first-order valence-corrected chi connectivity index (χ1v) is 5.89. The Labute approximate surface area is 105 Å². The summed E-state index contributed by atoms with van der Waals surface area (Å²) in [5.41, 5.74) is 6.90. The number of para-hydroxylation sites is 1. The summed E-state index contributed by atoms with van der Waals surface area (Å²) in [5, 5.41) is 0.891. The van der Waals surface area contributed by atoms with Gasteiger partial charge in [0, 0.05) is 17.6 Å². The van der Waals surface area contributed by atoms with Crippen molar-refractivity contribution in [1.82, 2.24) is 0 Å². The molecule has 2 rings (SSSR count). The molecule has 0 aliphatic rings. The molecule has 4 nitrogen and oxygen atoms in total. The summed E-state index contributed by atoms with van der Waals surface area (Å²) in [4.78, 5) is 16.2. The molecule has 2 aromatic rings. The smallest absolute Gasteiger partial charge is 0.345 e. The molecule has 0 saturated heterocycles. The number of hydrogen-bond acceptors (Lipinski definition) is 4. The fourth-order valence-electron chi connectivity index (χ4n) is 1.77. The maximum atomic E-state index is 11.9. The molecule has 0 unspecified atom stereocenters. The van der Waals surface area contributed by atoms with E-state index in [0.717, 1.165) is 5.39 Å². The Balaban J connectivity index is 2.54. The largest absolute Gasteiger partial charge is 0.422 e. The molecule has 94 valence electrons. The Kier molecular flexibility index (Phi) is 3.58. The predicted octanol–water partition coefficient (Wildman–Crippen LogP) is 1.95. The van der Waals surface area contributed by atoms with Crippen molar-refractivity contribution in [2.24, 2.45) is 10.7 Å². The number of rotatable bonds is 3. The van der Waals surface area contributed by atoms with E-state index in [0.29, 0.717) is 23.4 Å². The quantitative estimate of drug-likeness (QED) is 0.662. The van der Waals surface area contributed by atoms with Crippen LogP contribution in [0.2, 0.25) is 0 Å². The van der Waals surface area contributed by atoms with Crippen molar-refractivity contribution < 1.29 is 4.42 Å². The molecule has 0 fully saturated rings. The van der Waals surface area contributed by atoms with Gasteiger partial charge in [0.1, 0.15) is 5.58 Å². The van der Waals surface area contributed by atoms with Gasteiger partial charge in [-0.25, -0.2) is 4.79 Å². The van der Waals surface area contributed by atoms with Crippen molar-refractivity contribution in [1.29, 1.82) is 0 Å². The molecule has 1 aromatic heterocycles. The van der Waals surface area contributed by atoms with Gasteiger partial charge >= 0.3 is 5.63 Å². The van der Waals surface area contributed by atoms with Crippen LogP contribution in [0.25, 0.3) is 11.0 Å². The number of hydrogen-bond donors (Lipinski definition) is 1. The van der Waals surface area contributed by atoms with E-state index in [1.165, 1.54) is 0 Å². The van der Waals surface area contributed by atoms with Crippen molar-refractivity contribution >= 4 is 16.7 Å². The lowest BCUT2D eigenvalue weighted by molar-refractivity contribution is 0.559. The van der Waals surface area contributed by atoms with Gasteiger partial charge in [0.25, 0.3) is 0 Å². The molecule has 4 heteroatoms. The average molecular weight is 244 g/mol. The molecule has 0 aliphatic carbocycles. The van der Waals surface area contributed by atoms with Gasteiger partial charge in [0.05, 0.1) is 11.6 Å². The molecular formula is C14H16N2O2. The van der Waals surface area contributed by atoms with Gasteiger partial charge in [-0.05, 0) is 26.0 Å². The second kappa shape index (κ2) is 5.14. The molecule has 18 heavy (non-hydrogen) atoms. The van der Waals surface area contributed by atoms with E-state index in [1.807, 2.05) is 31.2 Å². The fourth-order valence-corrected chi connectivity index (χ4v) is 1.77. The number of nitrogens with zero attached hydrogens (tertiary/aromatic N) is 1. The molecule has 2 N–H and O–H groups in total. The minimum absolute atomic E-state index is 0.00382. The Bertz CT molecular complexity index is 644. The second-order valence-electron chi connectivity index (χ2n) is 4.28. The molecule has 0 spiro atoms. The Morgan fingerprint density at radius 3 is 2.89 bits per heavy atom. The zero-order valence-corrected chi connectivity index (χ0v) is 10.5. The van der Waals surface area contributed by atoms with Crippen LogP contribution in [0.5, 0.6) is 0 Å². The van der Waals surface area contributed by atoms with Crippen LogP contribution in [0, 0.1) is 0 Å². The highest BCUT2D eigenvalue weighted by molar-refractivity contribution is 6.00. The highest BCUT2D eigenvalue weighted by Gasteiger charge is 2.08. The van der Waals surface area contributed by atoms with E-state index >= 15 is 0 Å². The Hall–Kier alpha value is -1.94. The first kappa shape index (κ1) is 12.5. The van der Waals surface area contributed by atoms with Crippen LogP contribution in [-0.4, -0.2) is 18.3 Å². The molecule has 0 amide bonds. The lowest BCUT2D eigenvalue weighted by Gasteiger charge is -2.05. The van der Waals surface area contributed by atoms with Crippen molar-refractivity contribution in [3.05, 3.63) is 46.3 Å². The van der Waals surface area contributed by atoms with Crippen LogP contribution >= 0.6 is 0 Å². The topological polar surface area (TPSA) is 68.6 Å². The van der Waals surface area contributed by atoms with Crippen LogP contribution in [0.4, 0.5) is 0 Å². The minimum Gasteiger partial charge on any atom is -0.422 e. The molecule has 0 radical (unpaired) electrons.